The second-order valence-corrected chi connectivity index (χ2v) is 5.87. The van der Waals surface area contributed by atoms with Crippen molar-refractivity contribution in [1.82, 2.24) is 4.90 Å². The maximum atomic E-state index is 12.1. The number of likely N-dealkylation sites (tertiary alicyclic amines) is 1. The Morgan fingerprint density at radius 1 is 1.48 bits per heavy atom. The molecule has 1 aromatic carbocycles. The zero-order valence-electron chi connectivity index (χ0n) is 12.3. The van der Waals surface area contributed by atoms with Crippen LogP contribution >= 0.6 is 11.6 Å². The normalized spacial score (nSPS) is 16.9. The first-order chi connectivity index (χ1) is 10.1. The minimum atomic E-state index is -0.0623. The SMILES string of the molecule is COCC1CCN(CC(=O)Nc2cc(N)ccc2Cl)CC1. The van der Waals surface area contributed by atoms with E-state index in [1.165, 1.54) is 0 Å². The molecule has 0 radical (unpaired) electrons. The van der Waals surface area contributed by atoms with Gasteiger partial charge in [-0.25, -0.2) is 0 Å². The second kappa shape index (κ2) is 7.64. The van der Waals surface area contributed by atoms with Gasteiger partial charge in [-0.2, -0.15) is 0 Å². The summed E-state index contributed by atoms with van der Waals surface area (Å²) in [5.74, 6) is 0.547. The summed E-state index contributed by atoms with van der Waals surface area (Å²) in [7, 11) is 1.73. The summed E-state index contributed by atoms with van der Waals surface area (Å²) in [4.78, 5) is 14.2. The first kappa shape index (κ1) is 16.1. The molecule has 0 aromatic heterocycles. The molecule has 6 heteroatoms. The molecular formula is C15H22ClN3O2. The molecule has 0 aliphatic carbocycles. The quantitative estimate of drug-likeness (QED) is 0.818. The number of hydrogen-bond acceptors (Lipinski definition) is 4. The molecule has 1 aromatic rings. The lowest BCUT2D eigenvalue weighted by Crippen LogP contribution is -2.40. The van der Waals surface area contributed by atoms with Crippen LogP contribution in [0.2, 0.25) is 5.02 Å². The van der Waals surface area contributed by atoms with E-state index in [-0.39, 0.29) is 5.91 Å². The number of halogens is 1. The fourth-order valence-electron chi connectivity index (χ4n) is 2.58. The van der Waals surface area contributed by atoms with E-state index in [0.29, 0.717) is 28.9 Å². The highest BCUT2D eigenvalue weighted by Gasteiger charge is 2.20. The molecule has 21 heavy (non-hydrogen) atoms. The van der Waals surface area contributed by atoms with Crippen LogP contribution < -0.4 is 11.1 Å². The number of nitrogens with one attached hydrogen (secondary N) is 1. The van der Waals surface area contributed by atoms with Gasteiger partial charge in [0.15, 0.2) is 0 Å². The van der Waals surface area contributed by atoms with E-state index in [0.717, 1.165) is 32.5 Å². The highest BCUT2D eigenvalue weighted by molar-refractivity contribution is 6.33. The van der Waals surface area contributed by atoms with E-state index in [2.05, 4.69) is 10.2 Å². The van der Waals surface area contributed by atoms with Gasteiger partial charge in [-0.3, -0.25) is 9.69 Å². The molecule has 1 aliphatic heterocycles. The van der Waals surface area contributed by atoms with Gasteiger partial charge in [0.25, 0.3) is 0 Å². The number of anilines is 2. The number of benzene rings is 1. The molecule has 0 atom stereocenters. The molecule has 3 N–H and O–H groups in total. The average Bonchev–Trinajstić information content (AvgIpc) is 2.45. The van der Waals surface area contributed by atoms with Crippen LogP contribution in [0.3, 0.4) is 0 Å². The maximum absolute atomic E-state index is 12.1. The summed E-state index contributed by atoms with van der Waals surface area (Å²) >= 11 is 6.04. The predicted molar refractivity (Wildman–Crippen MR) is 85.5 cm³/mol. The Labute approximate surface area is 130 Å². The summed E-state index contributed by atoms with van der Waals surface area (Å²) in [6, 6.07) is 5.06. The van der Waals surface area contributed by atoms with Gasteiger partial charge < -0.3 is 15.8 Å². The molecule has 1 fully saturated rings. The van der Waals surface area contributed by atoms with Crippen molar-refractivity contribution >= 4 is 28.9 Å². The number of rotatable bonds is 5. The number of carbonyl (C=O) groups excluding carboxylic acids is 1. The van der Waals surface area contributed by atoms with Crippen molar-refractivity contribution in [2.24, 2.45) is 5.92 Å². The molecule has 0 bridgehead atoms. The van der Waals surface area contributed by atoms with Crippen molar-refractivity contribution < 1.29 is 9.53 Å². The lowest BCUT2D eigenvalue weighted by molar-refractivity contribution is -0.117. The van der Waals surface area contributed by atoms with Crippen LogP contribution in [-0.2, 0) is 9.53 Å². The number of nitrogen functional groups attached to an aromatic ring is 1. The Bertz CT molecular complexity index is 488. The fraction of sp³-hybridized carbons (Fsp3) is 0.533. The minimum Gasteiger partial charge on any atom is -0.399 e. The zero-order chi connectivity index (χ0) is 15.2. The lowest BCUT2D eigenvalue weighted by atomic mass is 9.98. The van der Waals surface area contributed by atoms with Crippen LogP contribution in [0.1, 0.15) is 12.8 Å². The lowest BCUT2D eigenvalue weighted by Gasteiger charge is -2.31. The first-order valence-corrected chi connectivity index (χ1v) is 7.52. The number of nitrogens with two attached hydrogens (primary N) is 1. The van der Waals surface area contributed by atoms with Crippen molar-refractivity contribution in [3.05, 3.63) is 23.2 Å². The molecule has 0 saturated carbocycles. The van der Waals surface area contributed by atoms with Crippen LogP contribution in [0, 0.1) is 5.92 Å². The van der Waals surface area contributed by atoms with Gasteiger partial charge in [-0.15, -0.1) is 0 Å². The van der Waals surface area contributed by atoms with Gasteiger partial charge in [-0.05, 0) is 50.0 Å². The average molecular weight is 312 g/mol. The second-order valence-electron chi connectivity index (χ2n) is 5.46. The highest BCUT2D eigenvalue weighted by Crippen LogP contribution is 2.24. The third kappa shape index (κ3) is 4.88. The Balaban J connectivity index is 1.81. The molecule has 1 heterocycles. The summed E-state index contributed by atoms with van der Waals surface area (Å²) in [6.45, 7) is 3.03. The van der Waals surface area contributed by atoms with Crippen molar-refractivity contribution in [1.29, 1.82) is 0 Å². The minimum absolute atomic E-state index is 0.0623. The smallest absolute Gasteiger partial charge is 0.238 e. The van der Waals surface area contributed by atoms with E-state index in [1.54, 1.807) is 25.3 Å². The largest absolute Gasteiger partial charge is 0.399 e. The van der Waals surface area contributed by atoms with Crippen LogP contribution in [0.15, 0.2) is 18.2 Å². The van der Waals surface area contributed by atoms with Gasteiger partial charge in [0.2, 0.25) is 5.91 Å². The van der Waals surface area contributed by atoms with Crippen LogP contribution in [-0.4, -0.2) is 44.2 Å². The predicted octanol–water partition coefficient (Wildman–Crippen LogP) is 2.22. The Morgan fingerprint density at radius 3 is 2.86 bits per heavy atom. The van der Waals surface area contributed by atoms with E-state index >= 15 is 0 Å². The molecule has 0 unspecified atom stereocenters. The molecule has 5 nitrogen and oxygen atoms in total. The summed E-state index contributed by atoms with van der Waals surface area (Å²) in [5, 5.41) is 3.31. The first-order valence-electron chi connectivity index (χ1n) is 7.14. The zero-order valence-corrected chi connectivity index (χ0v) is 13.0. The van der Waals surface area contributed by atoms with Crippen LogP contribution in [0.5, 0.6) is 0 Å². The van der Waals surface area contributed by atoms with Gasteiger partial charge >= 0.3 is 0 Å². The van der Waals surface area contributed by atoms with Gasteiger partial charge in [0.1, 0.15) is 0 Å². The third-order valence-electron chi connectivity index (χ3n) is 3.74. The molecule has 116 valence electrons. The van der Waals surface area contributed by atoms with E-state index in [1.807, 2.05) is 0 Å². The molecule has 0 spiro atoms. The third-order valence-corrected chi connectivity index (χ3v) is 4.07. The number of ether oxygens (including phenoxy) is 1. The van der Waals surface area contributed by atoms with Crippen molar-refractivity contribution in [3.63, 3.8) is 0 Å². The summed E-state index contributed by atoms with van der Waals surface area (Å²) in [6.07, 6.45) is 2.14. The van der Waals surface area contributed by atoms with Crippen molar-refractivity contribution in [2.45, 2.75) is 12.8 Å². The monoisotopic (exact) mass is 311 g/mol. The van der Waals surface area contributed by atoms with Crippen molar-refractivity contribution in [3.8, 4) is 0 Å². The van der Waals surface area contributed by atoms with Gasteiger partial charge in [0.05, 0.1) is 17.3 Å². The van der Waals surface area contributed by atoms with E-state index in [4.69, 9.17) is 22.1 Å². The van der Waals surface area contributed by atoms with E-state index < -0.39 is 0 Å². The maximum Gasteiger partial charge on any atom is 0.238 e. The Kier molecular flexibility index (Phi) is 5.85. The number of piperidine rings is 1. The molecule has 1 saturated heterocycles. The van der Waals surface area contributed by atoms with Gasteiger partial charge in [-0.1, -0.05) is 11.6 Å². The number of carbonyl (C=O) groups is 1. The summed E-state index contributed by atoms with van der Waals surface area (Å²) in [5.41, 5.74) is 6.84. The Morgan fingerprint density at radius 2 is 2.19 bits per heavy atom. The summed E-state index contributed by atoms with van der Waals surface area (Å²) < 4.78 is 5.18. The molecular weight excluding hydrogens is 290 g/mol. The molecule has 1 amide bonds. The van der Waals surface area contributed by atoms with Gasteiger partial charge in [0, 0.05) is 19.4 Å². The number of amides is 1. The van der Waals surface area contributed by atoms with Crippen LogP contribution in [0.4, 0.5) is 11.4 Å². The molecule has 2 rings (SSSR count). The standard InChI is InChI=1S/C15H22ClN3O2/c1-21-10-11-4-6-19(7-5-11)9-15(20)18-14-8-12(17)2-3-13(14)16/h2-3,8,11H,4-7,9-10,17H2,1H3,(H,18,20). The molecule has 1 aliphatic rings. The van der Waals surface area contributed by atoms with Crippen LogP contribution in [0.25, 0.3) is 0 Å². The highest BCUT2D eigenvalue weighted by atomic mass is 35.5. The topological polar surface area (TPSA) is 67.6 Å². The number of methoxy groups -OCH3 is 1. The van der Waals surface area contributed by atoms with Crippen molar-refractivity contribution in [2.75, 3.05) is 44.4 Å². The fourth-order valence-corrected chi connectivity index (χ4v) is 2.74. The Hall–Kier alpha value is -1.30. The number of nitrogens with zero attached hydrogens (tertiary/aromatic N) is 1. The number of hydrogen-bond donors (Lipinski definition) is 2. The van der Waals surface area contributed by atoms with E-state index in [9.17, 15) is 4.79 Å².